The van der Waals surface area contributed by atoms with Gasteiger partial charge in [-0.2, -0.15) is 11.8 Å². The average molecular weight is 300 g/mol. The SMILES string of the molecule is CCCNCC1CCC(C(C)C)CC1CCCSCC. The van der Waals surface area contributed by atoms with Crippen LogP contribution in [0, 0.1) is 23.7 Å². The molecule has 1 rings (SSSR count). The zero-order chi connectivity index (χ0) is 14.8. The molecular formula is C18H37NS. The fourth-order valence-corrected chi connectivity index (χ4v) is 4.31. The molecule has 3 unspecified atom stereocenters. The lowest BCUT2D eigenvalue weighted by Gasteiger charge is -2.38. The van der Waals surface area contributed by atoms with Crippen molar-refractivity contribution in [2.24, 2.45) is 23.7 Å². The topological polar surface area (TPSA) is 12.0 Å². The maximum absolute atomic E-state index is 3.68. The number of hydrogen-bond donors (Lipinski definition) is 1. The highest BCUT2D eigenvalue weighted by atomic mass is 32.2. The molecule has 0 aromatic heterocycles. The van der Waals surface area contributed by atoms with E-state index in [1.54, 1.807) is 0 Å². The first-order valence-corrected chi connectivity index (χ1v) is 10.1. The summed E-state index contributed by atoms with van der Waals surface area (Å²) in [7, 11) is 0. The van der Waals surface area contributed by atoms with Gasteiger partial charge in [-0.1, -0.05) is 27.7 Å². The molecule has 0 amide bonds. The second kappa shape index (κ2) is 11.0. The third-order valence-electron chi connectivity index (χ3n) is 5.02. The Morgan fingerprint density at radius 1 is 1.15 bits per heavy atom. The highest BCUT2D eigenvalue weighted by Crippen LogP contribution is 2.39. The number of thioether (sulfide) groups is 1. The van der Waals surface area contributed by atoms with Gasteiger partial charge in [0.25, 0.3) is 0 Å². The molecule has 0 radical (unpaired) electrons. The van der Waals surface area contributed by atoms with Gasteiger partial charge in [-0.15, -0.1) is 0 Å². The van der Waals surface area contributed by atoms with E-state index >= 15 is 0 Å². The maximum Gasteiger partial charge on any atom is -0.00179 e. The van der Waals surface area contributed by atoms with Gasteiger partial charge in [-0.3, -0.25) is 0 Å². The summed E-state index contributed by atoms with van der Waals surface area (Å²) in [4.78, 5) is 0. The Kier molecular flexibility index (Phi) is 10.1. The van der Waals surface area contributed by atoms with Crippen LogP contribution >= 0.6 is 11.8 Å². The number of nitrogens with one attached hydrogen (secondary N) is 1. The molecule has 1 N–H and O–H groups in total. The van der Waals surface area contributed by atoms with Gasteiger partial charge in [0.1, 0.15) is 0 Å². The van der Waals surface area contributed by atoms with Crippen molar-refractivity contribution in [2.45, 2.75) is 66.2 Å². The van der Waals surface area contributed by atoms with Crippen LogP contribution in [0.2, 0.25) is 0 Å². The fourth-order valence-electron chi connectivity index (χ4n) is 3.65. The molecule has 1 fully saturated rings. The number of hydrogen-bond acceptors (Lipinski definition) is 2. The summed E-state index contributed by atoms with van der Waals surface area (Å²) < 4.78 is 0. The highest BCUT2D eigenvalue weighted by molar-refractivity contribution is 7.99. The molecule has 3 atom stereocenters. The van der Waals surface area contributed by atoms with Crippen LogP contribution in [-0.2, 0) is 0 Å². The normalized spacial score (nSPS) is 27.1. The minimum absolute atomic E-state index is 0.882. The lowest BCUT2D eigenvalue weighted by Crippen LogP contribution is -2.34. The number of rotatable bonds is 10. The Morgan fingerprint density at radius 2 is 1.95 bits per heavy atom. The zero-order valence-electron chi connectivity index (χ0n) is 14.3. The molecule has 20 heavy (non-hydrogen) atoms. The van der Waals surface area contributed by atoms with Gasteiger partial charge in [0, 0.05) is 0 Å². The molecular weight excluding hydrogens is 262 g/mol. The highest BCUT2D eigenvalue weighted by Gasteiger charge is 2.30. The summed E-state index contributed by atoms with van der Waals surface area (Å²) in [5, 5.41) is 3.68. The van der Waals surface area contributed by atoms with Crippen LogP contribution in [-0.4, -0.2) is 24.6 Å². The van der Waals surface area contributed by atoms with Crippen molar-refractivity contribution < 1.29 is 0 Å². The molecule has 1 aliphatic rings. The maximum atomic E-state index is 3.68. The first-order valence-electron chi connectivity index (χ1n) is 8.97. The van der Waals surface area contributed by atoms with Crippen LogP contribution in [0.4, 0.5) is 0 Å². The molecule has 1 saturated carbocycles. The van der Waals surface area contributed by atoms with Crippen LogP contribution in [0.5, 0.6) is 0 Å². The summed E-state index contributed by atoms with van der Waals surface area (Å²) in [6.45, 7) is 11.8. The minimum Gasteiger partial charge on any atom is -0.316 e. The van der Waals surface area contributed by atoms with Gasteiger partial charge in [0.2, 0.25) is 0 Å². The second-order valence-corrected chi connectivity index (χ2v) is 8.27. The van der Waals surface area contributed by atoms with E-state index in [4.69, 9.17) is 0 Å². The van der Waals surface area contributed by atoms with Gasteiger partial charge in [-0.05, 0) is 86.8 Å². The Morgan fingerprint density at radius 3 is 2.60 bits per heavy atom. The monoisotopic (exact) mass is 299 g/mol. The lowest BCUT2D eigenvalue weighted by atomic mass is 9.69. The Bertz CT molecular complexity index is 229. The van der Waals surface area contributed by atoms with E-state index in [-0.39, 0.29) is 0 Å². The predicted molar refractivity (Wildman–Crippen MR) is 94.6 cm³/mol. The molecule has 0 aliphatic heterocycles. The third-order valence-corrected chi connectivity index (χ3v) is 6.01. The summed E-state index contributed by atoms with van der Waals surface area (Å²) in [5.74, 6) is 6.45. The summed E-state index contributed by atoms with van der Waals surface area (Å²) >= 11 is 2.11. The summed E-state index contributed by atoms with van der Waals surface area (Å²) in [6, 6.07) is 0. The minimum atomic E-state index is 0.882. The fraction of sp³-hybridized carbons (Fsp3) is 1.00. The molecule has 1 aliphatic carbocycles. The molecule has 2 heteroatoms. The van der Waals surface area contributed by atoms with E-state index < -0.39 is 0 Å². The Balaban J connectivity index is 2.39. The van der Waals surface area contributed by atoms with Crippen LogP contribution < -0.4 is 5.32 Å². The van der Waals surface area contributed by atoms with Crippen LogP contribution in [0.25, 0.3) is 0 Å². The van der Waals surface area contributed by atoms with Crippen molar-refractivity contribution in [2.75, 3.05) is 24.6 Å². The van der Waals surface area contributed by atoms with Crippen molar-refractivity contribution >= 4 is 11.8 Å². The third kappa shape index (κ3) is 6.85. The van der Waals surface area contributed by atoms with Crippen molar-refractivity contribution in [3.63, 3.8) is 0 Å². The molecule has 0 bridgehead atoms. The predicted octanol–water partition coefficient (Wildman–Crippen LogP) is 5.21. The Labute approximate surface area is 132 Å². The van der Waals surface area contributed by atoms with Crippen molar-refractivity contribution in [3.8, 4) is 0 Å². The van der Waals surface area contributed by atoms with E-state index in [9.17, 15) is 0 Å². The molecule has 0 heterocycles. The molecule has 0 saturated heterocycles. The van der Waals surface area contributed by atoms with E-state index in [1.807, 2.05) is 0 Å². The molecule has 120 valence electrons. The van der Waals surface area contributed by atoms with Crippen LogP contribution in [0.1, 0.15) is 66.2 Å². The largest absolute Gasteiger partial charge is 0.316 e. The first-order chi connectivity index (χ1) is 9.69. The van der Waals surface area contributed by atoms with E-state index in [1.165, 1.54) is 63.1 Å². The second-order valence-electron chi connectivity index (χ2n) is 6.88. The van der Waals surface area contributed by atoms with Gasteiger partial charge in [0.15, 0.2) is 0 Å². The van der Waals surface area contributed by atoms with Gasteiger partial charge in [-0.25, -0.2) is 0 Å². The molecule has 0 spiro atoms. The van der Waals surface area contributed by atoms with E-state index in [0.29, 0.717) is 0 Å². The average Bonchev–Trinajstić information content (AvgIpc) is 2.44. The first kappa shape index (κ1) is 18.4. The van der Waals surface area contributed by atoms with Crippen molar-refractivity contribution in [3.05, 3.63) is 0 Å². The zero-order valence-corrected chi connectivity index (χ0v) is 15.1. The van der Waals surface area contributed by atoms with Crippen LogP contribution in [0.15, 0.2) is 0 Å². The Hall–Kier alpha value is 0.310. The molecule has 0 aromatic rings. The van der Waals surface area contributed by atoms with E-state index in [2.05, 4.69) is 44.8 Å². The summed E-state index contributed by atoms with van der Waals surface area (Å²) in [5.41, 5.74) is 0. The van der Waals surface area contributed by atoms with Gasteiger partial charge >= 0.3 is 0 Å². The lowest BCUT2D eigenvalue weighted by molar-refractivity contribution is 0.137. The molecule has 1 nitrogen and oxygen atoms in total. The van der Waals surface area contributed by atoms with E-state index in [0.717, 1.165) is 23.7 Å². The quantitative estimate of drug-likeness (QED) is 0.556. The van der Waals surface area contributed by atoms with Gasteiger partial charge in [0.05, 0.1) is 0 Å². The summed E-state index contributed by atoms with van der Waals surface area (Å²) in [6.07, 6.45) is 8.58. The van der Waals surface area contributed by atoms with Crippen molar-refractivity contribution in [1.29, 1.82) is 0 Å². The van der Waals surface area contributed by atoms with Crippen LogP contribution in [0.3, 0.4) is 0 Å². The van der Waals surface area contributed by atoms with Gasteiger partial charge < -0.3 is 5.32 Å². The molecule has 0 aromatic carbocycles. The van der Waals surface area contributed by atoms with Crippen molar-refractivity contribution in [1.82, 2.24) is 5.32 Å². The standard InChI is InChI=1S/C18H37NS/c1-5-11-19-14-18-10-9-16(15(3)4)13-17(18)8-7-12-20-6-2/h15-19H,5-14H2,1-4H3. The smallest absolute Gasteiger partial charge is 0.00179 e.